The van der Waals surface area contributed by atoms with E-state index in [1.807, 2.05) is 20.1 Å². The van der Waals surface area contributed by atoms with E-state index in [4.69, 9.17) is 11.6 Å². The maximum Gasteiger partial charge on any atom is 0.243 e. The van der Waals surface area contributed by atoms with E-state index in [0.29, 0.717) is 0 Å². The van der Waals surface area contributed by atoms with Crippen LogP contribution in [0.25, 0.3) is 0 Å². The number of hydrogen-bond donors (Lipinski definition) is 2. The normalized spacial score (nSPS) is 12.7. The highest BCUT2D eigenvalue weighted by atomic mass is 35.5. The molecule has 0 radical (unpaired) electrons. The minimum atomic E-state index is -3.95. The molecule has 120 valence electrons. The third-order valence-corrected chi connectivity index (χ3v) is 5.84. The molecule has 21 heavy (non-hydrogen) atoms. The first kappa shape index (κ1) is 18.7. The Kier molecular flexibility index (Phi) is 6.49. The monoisotopic (exact) mass is 354 g/mol. The number of halogens is 2. The summed E-state index contributed by atoms with van der Waals surface area (Å²) in [6.07, 6.45) is 1.89. The summed E-state index contributed by atoms with van der Waals surface area (Å²) in [6.45, 7) is 4.21. The molecule has 1 aromatic rings. The zero-order valence-corrected chi connectivity index (χ0v) is 14.8. The van der Waals surface area contributed by atoms with Crippen molar-refractivity contribution in [3.8, 4) is 0 Å². The summed E-state index contributed by atoms with van der Waals surface area (Å²) in [5.74, 6) is -0.775. The molecule has 4 nitrogen and oxygen atoms in total. The van der Waals surface area contributed by atoms with Gasteiger partial charge in [-0.2, -0.15) is 11.8 Å². The van der Waals surface area contributed by atoms with Crippen LogP contribution in [0.4, 0.5) is 4.39 Å². The lowest BCUT2D eigenvalue weighted by Crippen LogP contribution is -2.36. The van der Waals surface area contributed by atoms with Crippen LogP contribution < -0.4 is 10.0 Å². The van der Waals surface area contributed by atoms with Gasteiger partial charge in [-0.15, -0.1) is 0 Å². The molecule has 0 amide bonds. The SMILES string of the molecule is CNCc1cc(Cl)cc(S(=O)(=O)NCC(C)(C)SC)c1F. The van der Waals surface area contributed by atoms with E-state index < -0.39 is 20.7 Å². The van der Waals surface area contributed by atoms with Crippen LogP contribution in [0, 0.1) is 5.82 Å². The molecule has 0 atom stereocenters. The highest BCUT2D eigenvalue weighted by Gasteiger charge is 2.25. The van der Waals surface area contributed by atoms with Gasteiger partial charge in [-0.25, -0.2) is 17.5 Å². The quantitative estimate of drug-likeness (QED) is 0.790. The minimum absolute atomic E-state index is 0.186. The fourth-order valence-electron chi connectivity index (χ4n) is 1.55. The Morgan fingerprint density at radius 3 is 2.52 bits per heavy atom. The van der Waals surface area contributed by atoms with Crippen molar-refractivity contribution in [2.24, 2.45) is 0 Å². The molecule has 0 saturated heterocycles. The van der Waals surface area contributed by atoms with Gasteiger partial charge >= 0.3 is 0 Å². The number of sulfonamides is 1. The van der Waals surface area contributed by atoms with Gasteiger partial charge in [-0.3, -0.25) is 0 Å². The van der Waals surface area contributed by atoms with E-state index in [0.717, 1.165) is 6.07 Å². The van der Waals surface area contributed by atoms with Crippen LogP contribution in [0.1, 0.15) is 19.4 Å². The first-order valence-electron chi connectivity index (χ1n) is 6.30. The first-order chi connectivity index (χ1) is 9.63. The fraction of sp³-hybridized carbons (Fsp3) is 0.538. The molecular formula is C13H20ClFN2O2S2. The largest absolute Gasteiger partial charge is 0.316 e. The summed E-state index contributed by atoms with van der Waals surface area (Å²) in [5.41, 5.74) is 0.217. The van der Waals surface area contributed by atoms with Gasteiger partial charge in [0.05, 0.1) is 0 Å². The Hall–Kier alpha value is -0.340. The van der Waals surface area contributed by atoms with Crippen molar-refractivity contribution >= 4 is 33.4 Å². The maximum atomic E-state index is 14.3. The predicted molar refractivity (Wildman–Crippen MR) is 87.0 cm³/mol. The van der Waals surface area contributed by atoms with Crippen LogP contribution in [-0.4, -0.2) is 33.0 Å². The van der Waals surface area contributed by atoms with Crippen molar-refractivity contribution in [3.63, 3.8) is 0 Å². The molecule has 0 aliphatic carbocycles. The molecule has 0 aliphatic heterocycles. The van der Waals surface area contributed by atoms with Crippen LogP contribution in [-0.2, 0) is 16.6 Å². The van der Waals surface area contributed by atoms with Crippen molar-refractivity contribution in [2.75, 3.05) is 19.8 Å². The molecule has 0 aromatic heterocycles. The highest BCUT2D eigenvalue weighted by molar-refractivity contribution is 8.00. The van der Waals surface area contributed by atoms with Crippen molar-refractivity contribution in [3.05, 3.63) is 28.5 Å². The average Bonchev–Trinajstić information content (AvgIpc) is 2.41. The lowest BCUT2D eigenvalue weighted by atomic mass is 10.2. The molecule has 0 unspecified atom stereocenters. The van der Waals surface area contributed by atoms with Crippen LogP contribution in [0.2, 0.25) is 5.02 Å². The Morgan fingerprint density at radius 2 is 2.00 bits per heavy atom. The molecule has 1 aromatic carbocycles. The van der Waals surface area contributed by atoms with Crippen LogP contribution in [0.15, 0.2) is 17.0 Å². The number of nitrogens with one attached hydrogen (secondary N) is 2. The number of thioether (sulfide) groups is 1. The van der Waals surface area contributed by atoms with Gasteiger partial charge in [0.1, 0.15) is 10.7 Å². The summed E-state index contributed by atoms with van der Waals surface area (Å²) in [4.78, 5) is -0.419. The van der Waals surface area contributed by atoms with Gasteiger partial charge in [-0.1, -0.05) is 11.6 Å². The zero-order chi connectivity index (χ0) is 16.3. The Morgan fingerprint density at radius 1 is 1.38 bits per heavy atom. The molecule has 8 heteroatoms. The van der Waals surface area contributed by atoms with Crippen LogP contribution in [0.3, 0.4) is 0 Å². The van der Waals surface area contributed by atoms with E-state index in [-0.39, 0.29) is 28.4 Å². The number of hydrogen-bond acceptors (Lipinski definition) is 4. The summed E-state index contributed by atoms with van der Waals surface area (Å²) >= 11 is 7.42. The second-order valence-corrected chi connectivity index (χ2v) is 8.88. The molecule has 2 N–H and O–H groups in total. The Labute approximate surface area is 134 Å². The molecule has 0 aliphatic rings. The smallest absolute Gasteiger partial charge is 0.243 e. The van der Waals surface area contributed by atoms with Gasteiger partial charge in [0.15, 0.2) is 0 Å². The minimum Gasteiger partial charge on any atom is -0.316 e. The van der Waals surface area contributed by atoms with E-state index in [2.05, 4.69) is 10.0 Å². The third-order valence-electron chi connectivity index (χ3n) is 2.98. The molecule has 0 fully saturated rings. The summed E-state index contributed by atoms with van der Waals surface area (Å²) in [5, 5.41) is 2.97. The summed E-state index contributed by atoms with van der Waals surface area (Å²) < 4.78 is 41.0. The molecule has 1 rings (SSSR count). The van der Waals surface area contributed by atoms with E-state index >= 15 is 0 Å². The maximum absolute atomic E-state index is 14.3. The van der Waals surface area contributed by atoms with Crippen molar-refractivity contribution in [1.82, 2.24) is 10.0 Å². The summed E-state index contributed by atoms with van der Waals surface area (Å²) in [6, 6.07) is 2.54. The van der Waals surface area contributed by atoms with Crippen LogP contribution in [0.5, 0.6) is 0 Å². The third kappa shape index (κ3) is 5.10. The summed E-state index contributed by atoms with van der Waals surface area (Å²) in [7, 11) is -2.30. The van der Waals surface area contributed by atoms with E-state index in [1.54, 1.807) is 7.05 Å². The van der Waals surface area contributed by atoms with Crippen molar-refractivity contribution in [1.29, 1.82) is 0 Å². The first-order valence-corrected chi connectivity index (χ1v) is 9.39. The van der Waals surface area contributed by atoms with Gasteiger partial charge in [0.25, 0.3) is 0 Å². The second kappa shape index (κ2) is 7.28. The molecule has 0 saturated carbocycles. The second-order valence-electron chi connectivity index (χ2n) is 5.20. The van der Waals surface area contributed by atoms with Gasteiger partial charge in [-0.05, 0) is 39.3 Å². The Balaban J connectivity index is 3.14. The topological polar surface area (TPSA) is 58.2 Å². The van der Waals surface area contributed by atoms with Crippen LogP contribution >= 0.6 is 23.4 Å². The lowest BCUT2D eigenvalue weighted by molar-refractivity contribution is 0.541. The highest BCUT2D eigenvalue weighted by Crippen LogP contribution is 2.25. The standard InChI is InChI=1S/C13H20ClFN2O2S2/c1-13(2,20-4)8-17-21(18,19)11-6-10(14)5-9(7-16-3)12(11)15/h5-6,16-17H,7-8H2,1-4H3. The van der Waals surface area contributed by atoms with E-state index in [1.165, 1.54) is 17.8 Å². The molecule has 0 bridgehead atoms. The van der Waals surface area contributed by atoms with E-state index in [9.17, 15) is 12.8 Å². The Bertz CT molecular complexity index is 606. The average molecular weight is 355 g/mol. The lowest BCUT2D eigenvalue weighted by Gasteiger charge is -2.22. The van der Waals surface area contributed by atoms with Crippen molar-refractivity contribution in [2.45, 2.75) is 30.0 Å². The molecular weight excluding hydrogens is 335 g/mol. The molecule has 0 heterocycles. The van der Waals surface area contributed by atoms with Crippen molar-refractivity contribution < 1.29 is 12.8 Å². The van der Waals surface area contributed by atoms with Gasteiger partial charge in [0.2, 0.25) is 10.0 Å². The van der Waals surface area contributed by atoms with Gasteiger partial charge in [0, 0.05) is 28.4 Å². The number of rotatable bonds is 7. The fourth-order valence-corrected chi connectivity index (χ4v) is 3.52. The molecule has 0 spiro atoms. The predicted octanol–water partition coefficient (Wildman–Crippen LogP) is 2.62. The zero-order valence-electron chi connectivity index (χ0n) is 12.5. The number of benzene rings is 1. The van der Waals surface area contributed by atoms with Gasteiger partial charge < -0.3 is 5.32 Å².